The van der Waals surface area contributed by atoms with Crippen molar-refractivity contribution in [3.63, 3.8) is 0 Å². The Hall–Kier alpha value is -1.52. The molecule has 1 aliphatic heterocycles. The van der Waals surface area contributed by atoms with E-state index in [1.807, 2.05) is 6.08 Å². The summed E-state index contributed by atoms with van der Waals surface area (Å²) in [5.41, 5.74) is 0. The molecule has 0 unspecified atom stereocenters. The van der Waals surface area contributed by atoms with Gasteiger partial charge < -0.3 is 34.8 Å². The number of piperidine rings is 1. The maximum absolute atomic E-state index is 4.83. The highest BCUT2D eigenvalue weighted by atomic mass is 35.5. The Kier molecular flexibility index (Phi) is 17.4. The van der Waals surface area contributed by atoms with Crippen molar-refractivity contribution in [2.45, 2.75) is 57.3 Å². The predicted molar refractivity (Wildman–Crippen MR) is 126 cm³/mol. The van der Waals surface area contributed by atoms with Gasteiger partial charge in [0.25, 0.3) is 0 Å². The van der Waals surface area contributed by atoms with Crippen LogP contribution in [0.25, 0.3) is 0 Å². The first-order valence-corrected chi connectivity index (χ1v) is 8.72. The molecule has 27 heavy (non-hydrogen) atoms. The zero-order valence-corrected chi connectivity index (χ0v) is 17.5. The number of rotatable bonds is 5. The van der Waals surface area contributed by atoms with Crippen LogP contribution in [0.5, 0.6) is 0 Å². The molecule has 0 amide bonds. The topological polar surface area (TPSA) is 194 Å². The Labute approximate surface area is 175 Å². The van der Waals surface area contributed by atoms with Crippen LogP contribution in [0.3, 0.4) is 0 Å². The molecule has 0 aromatic carbocycles. The van der Waals surface area contributed by atoms with E-state index in [1.165, 1.54) is 51.4 Å². The second kappa shape index (κ2) is 15.5. The molecule has 1 saturated heterocycles. The summed E-state index contributed by atoms with van der Waals surface area (Å²) in [5.74, 6) is 3.06. The average molecular weight is 414 g/mol. The predicted octanol–water partition coefficient (Wildman–Crippen LogP) is 5.56. The van der Waals surface area contributed by atoms with Crippen LogP contribution >= 0.6 is 12.4 Å². The fourth-order valence-electron chi connectivity index (χ4n) is 3.40. The smallest absolute Gasteiger partial charge is 0.230 e. The maximum atomic E-state index is 4.83. The summed E-state index contributed by atoms with van der Waals surface area (Å²) < 4.78 is 0. The van der Waals surface area contributed by atoms with Crippen molar-refractivity contribution in [1.82, 2.24) is 39.6 Å². The summed E-state index contributed by atoms with van der Waals surface area (Å²) in [7, 11) is 0. The van der Waals surface area contributed by atoms with Crippen LogP contribution in [0.1, 0.15) is 68.8 Å². The number of nitrogens with one attached hydrogen (secondary N) is 1. The van der Waals surface area contributed by atoms with Gasteiger partial charge in [-0.05, 0) is 32.1 Å². The van der Waals surface area contributed by atoms with Crippen molar-refractivity contribution < 1.29 is 5.71 Å². The van der Waals surface area contributed by atoms with E-state index in [9.17, 15) is 0 Å². The van der Waals surface area contributed by atoms with Crippen molar-refractivity contribution >= 4 is 24.3 Å². The Morgan fingerprint density at radius 1 is 0.926 bits per heavy atom. The molecule has 1 saturated carbocycles. The largest absolute Gasteiger partial charge is 0.351 e. The zero-order chi connectivity index (χ0) is 15.2. The lowest BCUT2D eigenvalue weighted by atomic mass is 9.89. The molecule has 0 spiro atoms. The molecule has 13 N–H and O–H groups in total. The van der Waals surface area contributed by atoms with Gasteiger partial charge in [-0.15, -0.1) is 19.0 Å². The molecule has 0 radical (unpaired) electrons. The van der Waals surface area contributed by atoms with E-state index in [2.05, 4.69) is 26.8 Å². The number of hydrogen-bond acceptors (Lipinski definition) is 9. The van der Waals surface area contributed by atoms with Crippen LogP contribution in [0.2, 0.25) is 0 Å². The Morgan fingerprint density at radius 2 is 1.52 bits per heavy atom. The highest BCUT2D eigenvalue weighted by Crippen LogP contribution is 2.31. The van der Waals surface area contributed by atoms with Crippen molar-refractivity contribution in [2.24, 2.45) is 0 Å². The summed E-state index contributed by atoms with van der Waals surface area (Å²) in [4.78, 5) is 16.5. The Balaban J connectivity index is -0.000000128. The van der Waals surface area contributed by atoms with Gasteiger partial charge in [0.2, 0.25) is 11.9 Å². The standard InChI is InChI=1S/C17H27N5.ClH.4H3N.4H2/c1-2-11-18-16-19-15(14-9-5-3-6-10-14)20-17(21-16)22-12-7-4-8-13-22;;;;;;;;;/h2,14H,1,3-13H2,(H,18,19,20,21);1H;4*1H3;4*1H. The van der Waals surface area contributed by atoms with E-state index in [0.29, 0.717) is 18.4 Å². The van der Waals surface area contributed by atoms with Gasteiger partial charge in [-0.25, -0.2) is 0 Å². The second-order valence-electron chi connectivity index (χ2n) is 6.37. The number of hydrogen-bond donors (Lipinski definition) is 5. The maximum Gasteiger partial charge on any atom is 0.230 e. The molecule has 10 heteroatoms. The van der Waals surface area contributed by atoms with E-state index in [-0.39, 0.29) is 42.7 Å². The fourth-order valence-corrected chi connectivity index (χ4v) is 3.40. The van der Waals surface area contributed by atoms with Gasteiger partial charge >= 0.3 is 0 Å². The van der Waals surface area contributed by atoms with E-state index < -0.39 is 0 Å². The van der Waals surface area contributed by atoms with Gasteiger partial charge in [0.05, 0.1) is 0 Å². The molecule has 9 nitrogen and oxygen atoms in total. The third-order valence-electron chi connectivity index (χ3n) is 4.65. The Bertz CT molecular complexity index is 484. The lowest BCUT2D eigenvalue weighted by Crippen LogP contribution is -2.32. The summed E-state index contributed by atoms with van der Waals surface area (Å²) in [5, 5.41) is 3.25. The lowest BCUT2D eigenvalue weighted by Gasteiger charge is -2.28. The van der Waals surface area contributed by atoms with Gasteiger partial charge in [0, 0.05) is 31.3 Å². The molecule has 1 aromatic heterocycles. The molecular weight excluding hydrogens is 366 g/mol. The molecule has 0 atom stereocenters. The van der Waals surface area contributed by atoms with E-state index in [4.69, 9.17) is 4.98 Å². The van der Waals surface area contributed by atoms with Crippen LogP contribution in [0, 0.1) is 0 Å². The fraction of sp³-hybridized carbons (Fsp3) is 0.706. The number of halogens is 1. The first kappa shape index (κ1) is 30.2. The monoisotopic (exact) mass is 413 g/mol. The first-order valence-electron chi connectivity index (χ1n) is 8.72. The van der Waals surface area contributed by atoms with Crippen LogP contribution in [-0.4, -0.2) is 34.6 Å². The first-order chi connectivity index (χ1) is 10.9. The van der Waals surface area contributed by atoms with Gasteiger partial charge in [-0.2, -0.15) is 15.0 Å². The van der Waals surface area contributed by atoms with Gasteiger partial charge in [-0.1, -0.05) is 25.3 Å². The van der Waals surface area contributed by atoms with Crippen LogP contribution < -0.4 is 34.8 Å². The minimum atomic E-state index is 0. The summed E-state index contributed by atoms with van der Waals surface area (Å²) in [6, 6.07) is 0. The molecular formula is C17H48ClN9. The molecule has 1 aromatic rings. The highest BCUT2D eigenvalue weighted by molar-refractivity contribution is 5.85. The summed E-state index contributed by atoms with van der Waals surface area (Å²) in [6.07, 6.45) is 12.0. The minimum Gasteiger partial charge on any atom is -0.351 e. The normalized spacial score (nSPS) is 16.2. The number of aromatic nitrogens is 3. The van der Waals surface area contributed by atoms with Gasteiger partial charge in [0.15, 0.2) is 0 Å². The van der Waals surface area contributed by atoms with Crippen LogP contribution in [-0.2, 0) is 0 Å². The van der Waals surface area contributed by atoms with Gasteiger partial charge in [0.1, 0.15) is 5.82 Å². The van der Waals surface area contributed by atoms with E-state index in [1.54, 1.807) is 0 Å². The summed E-state index contributed by atoms with van der Waals surface area (Å²) >= 11 is 0. The van der Waals surface area contributed by atoms with Crippen molar-refractivity contribution in [3.05, 3.63) is 18.5 Å². The third kappa shape index (κ3) is 8.35. The van der Waals surface area contributed by atoms with E-state index >= 15 is 0 Å². The SMILES string of the molecule is C=CCNc1nc(C2CCCCC2)nc(N2CCCCC2)n1.Cl.N.N.N.N.[HH].[HH].[HH].[HH]. The molecule has 2 heterocycles. The van der Waals surface area contributed by atoms with Crippen LogP contribution in [0.4, 0.5) is 11.9 Å². The third-order valence-corrected chi connectivity index (χ3v) is 4.65. The lowest BCUT2D eigenvalue weighted by molar-refractivity contribution is 0.427. The average Bonchev–Trinajstić information content (AvgIpc) is 2.61. The highest BCUT2D eigenvalue weighted by Gasteiger charge is 2.22. The molecule has 2 fully saturated rings. The molecule has 2 aliphatic rings. The Morgan fingerprint density at radius 3 is 2.11 bits per heavy atom. The molecule has 1 aliphatic carbocycles. The van der Waals surface area contributed by atoms with Crippen molar-refractivity contribution in [2.75, 3.05) is 29.9 Å². The van der Waals surface area contributed by atoms with Gasteiger partial charge in [-0.3, -0.25) is 0 Å². The second-order valence-corrected chi connectivity index (χ2v) is 6.37. The molecule has 168 valence electrons. The minimum absolute atomic E-state index is 0. The number of anilines is 2. The van der Waals surface area contributed by atoms with Crippen LogP contribution in [0.15, 0.2) is 12.7 Å². The summed E-state index contributed by atoms with van der Waals surface area (Å²) in [6.45, 7) is 6.57. The van der Waals surface area contributed by atoms with Crippen molar-refractivity contribution in [3.8, 4) is 0 Å². The number of nitrogens with zero attached hydrogens (tertiary/aromatic N) is 4. The molecule has 3 rings (SSSR count). The molecule has 0 bridgehead atoms. The zero-order valence-electron chi connectivity index (χ0n) is 16.7. The van der Waals surface area contributed by atoms with E-state index in [0.717, 1.165) is 24.9 Å². The quantitative estimate of drug-likeness (QED) is 0.383. The van der Waals surface area contributed by atoms with Crippen molar-refractivity contribution in [1.29, 1.82) is 0 Å².